The van der Waals surface area contributed by atoms with Gasteiger partial charge in [0.25, 0.3) is 5.91 Å². The maximum Gasteiger partial charge on any atom is 0.255 e. The first kappa shape index (κ1) is 14.0. The van der Waals surface area contributed by atoms with E-state index in [9.17, 15) is 9.18 Å². The first-order chi connectivity index (χ1) is 8.61. The molecule has 1 aromatic carbocycles. The molecule has 0 radical (unpaired) electrons. The van der Waals surface area contributed by atoms with E-state index in [1.807, 2.05) is 0 Å². The molecule has 1 amide bonds. The Hall–Kier alpha value is -0.460. The van der Waals surface area contributed by atoms with E-state index in [2.05, 4.69) is 31.9 Å². The van der Waals surface area contributed by atoms with E-state index >= 15 is 0 Å². The van der Waals surface area contributed by atoms with Crippen molar-refractivity contribution in [3.8, 4) is 0 Å². The summed E-state index contributed by atoms with van der Waals surface area (Å²) < 4.78 is 18.9. The van der Waals surface area contributed by atoms with Gasteiger partial charge < -0.3 is 9.64 Å². The molecule has 0 saturated carbocycles. The number of alkyl halides is 1. The number of benzene rings is 1. The number of nitrogens with zero attached hydrogens (tertiary/aromatic N) is 1. The molecule has 1 atom stereocenters. The minimum Gasteiger partial charge on any atom is -0.374 e. The first-order valence-electron chi connectivity index (χ1n) is 5.53. The van der Waals surface area contributed by atoms with Crippen LogP contribution < -0.4 is 0 Å². The van der Waals surface area contributed by atoms with Crippen LogP contribution in [-0.4, -0.2) is 41.9 Å². The zero-order chi connectivity index (χ0) is 13.1. The molecular formula is C12H12Br2FNO2. The Kier molecular flexibility index (Phi) is 4.75. The van der Waals surface area contributed by atoms with Crippen molar-refractivity contribution in [1.82, 2.24) is 4.90 Å². The second kappa shape index (κ2) is 6.12. The molecule has 0 N–H and O–H groups in total. The van der Waals surface area contributed by atoms with Crippen molar-refractivity contribution >= 4 is 37.8 Å². The molecule has 1 saturated heterocycles. The third-order valence-corrected chi connectivity index (χ3v) is 4.14. The van der Waals surface area contributed by atoms with Gasteiger partial charge in [0.1, 0.15) is 5.82 Å². The van der Waals surface area contributed by atoms with Gasteiger partial charge in [-0.2, -0.15) is 0 Å². The standard InChI is InChI=1S/C12H12Br2FNO2/c13-6-9-7-16(3-4-18-9)12(17)10-2-1-8(15)5-11(10)14/h1-2,5,9H,3-4,6-7H2. The highest BCUT2D eigenvalue weighted by molar-refractivity contribution is 9.10. The summed E-state index contributed by atoms with van der Waals surface area (Å²) in [5.74, 6) is -0.463. The molecule has 0 aromatic heterocycles. The number of carbonyl (C=O) groups is 1. The fourth-order valence-corrected chi connectivity index (χ4v) is 2.74. The number of amides is 1. The minimum absolute atomic E-state index is 0.0157. The van der Waals surface area contributed by atoms with E-state index < -0.39 is 0 Å². The molecule has 1 fully saturated rings. The van der Waals surface area contributed by atoms with Gasteiger partial charge in [-0.05, 0) is 34.1 Å². The van der Waals surface area contributed by atoms with Crippen LogP contribution in [0.5, 0.6) is 0 Å². The molecule has 18 heavy (non-hydrogen) atoms. The number of carbonyl (C=O) groups excluding carboxylic acids is 1. The SMILES string of the molecule is O=C(c1ccc(F)cc1Br)N1CCOC(CBr)C1. The molecule has 0 aliphatic carbocycles. The van der Waals surface area contributed by atoms with Crippen molar-refractivity contribution in [2.75, 3.05) is 25.0 Å². The van der Waals surface area contributed by atoms with Crippen LogP contribution in [0.25, 0.3) is 0 Å². The van der Waals surface area contributed by atoms with Crippen LogP contribution in [0.3, 0.4) is 0 Å². The van der Waals surface area contributed by atoms with Gasteiger partial charge in [-0.3, -0.25) is 4.79 Å². The van der Waals surface area contributed by atoms with Gasteiger partial charge in [0, 0.05) is 22.9 Å². The molecule has 1 aliphatic rings. The maximum atomic E-state index is 13.0. The van der Waals surface area contributed by atoms with E-state index in [0.717, 1.165) is 0 Å². The topological polar surface area (TPSA) is 29.5 Å². The van der Waals surface area contributed by atoms with E-state index in [0.29, 0.717) is 35.1 Å². The van der Waals surface area contributed by atoms with Crippen LogP contribution in [-0.2, 0) is 4.74 Å². The van der Waals surface area contributed by atoms with Gasteiger partial charge in [0.15, 0.2) is 0 Å². The lowest BCUT2D eigenvalue weighted by Gasteiger charge is -2.32. The number of halogens is 3. The molecule has 98 valence electrons. The smallest absolute Gasteiger partial charge is 0.255 e. The fourth-order valence-electron chi connectivity index (χ4n) is 1.83. The largest absolute Gasteiger partial charge is 0.374 e. The molecule has 2 rings (SSSR count). The number of ether oxygens (including phenoxy) is 1. The zero-order valence-electron chi connectivity index (χ0n) is 9.54. The van der Waals surface area contributed by atoms with Crippen LogP contribution in [0, 0.1) is 5.82 Å². The third-order valence-electron chi connectivity index (χ3n) is 2.76. The molecule has 3 nitrogen and oxygen atoms in total. The van der Waals surface area contributed by atoms with Gasteiger partial charge in [-0.15, -0.1) is 0 Å². The van der Waals surface area contributed by atoms with Gasteiger partial charge in [-0.1, -0.05) is 15.9 Å². The molecule has 6 heteroatoms. The number of rotatable bonds is 2. The number of hydrogen-bond acceptors (Lipinski definition) is 2. The predicted octanol–water partition coefficient (Wildman–Crippen LogP) is 2.82. The monoisotopic (exact) mass is 379 g/mol. The van der Waals surface area contributed by atoms with Crippen molar-refractivity contribution in [3.05, 3.63) is 34.1 Å². The Bertz CT molecular complexity index is 456. The Morgan fingerprint density at radius 3 is 3.00 bits per heavy atom. The lowest BCUT2D eigenvalue weighted by molar-refractivity contribution is -0.00968. The molecule has 0 spiro atoms. The van der Waals surface area contributed by atoms with Crippen LogP contribution in [0.2, 0.25) is 0 Å². The van der Waals surface area contributed by atoms with Crippen molar-refractivity contribution in [2.24, 2.45) is 0 Å². The minimum atomic E-state index is -0.362. The van der Waals surface area contributed by atoms with Crippen LogP contribution in [0.4, 0.5) is 4.39 Å². The van der Waals surface area contributed by atoms with Crippen LogP contribution >= 0.6 is 31.9 Å². The van der Waals surface area contributed by atoms with E-state index in [4.69, 9.17) is 4.74 Å². The normalized spacial score (nSPS) is 19.9. The molecule has 0 bridgehead atoms. The third kappa shape index (κ3) is 3.10. The highest BCUT2D eigenvalue weighted by Crippen LogP contribution is 2.21. The summed E-state index contributed by atoms with van der Waals surface area (Å²) in [6.07, 6.45) is 0.0157. The Morgan fingerprint density at radius 2 is 2.33 bits per heavy atom. The van der Waals surface area contributed by atoms with Crippen molar-refractivity contribution < 1.29 is 13.9 Å². The van der Waals surface area contributed by atoms with Gasteiger partial charge >= 0.3 is 0 Å². The Labute approximate surface area is 122 Å². The highest BCUT2D eigenvalue weighted by atomic mass is 79.9. The lowest BCUT2D eigenvalue weighted by atomic mass is 10.1. The average Bonchev–Trinajstić information content (AvgIpc) is 2.38. The fraction of sp³-hybridized carbons (Fsp3) is 0.417. The summed E-state index contributed by atoms with van der Waals surface area (Å²) >= 11 is 6.56. The zero-order valence-corrected chi connectivity index (χ0v) is 12.7. The van der Waals surface area contributed by atoms with Gasteiger partial charge in [0.2, 0.25) is 0 Å². The molecule has 1 heterocycles. The van der Waals surface area contributed by atoms with Crippen LogP contribution in [0.15, 0.2) is 22.7 Å². The summed E-state index contributed by atoms with van der Waals surface area (Å²) in [4.78, 5) is 14.0. The summed E-state index contributed by atoms with van der Waals surface area (Å²) in [6.45, 7) is 1.64. The first-order valence-corrected chi connectivity index (χ1v) is 7.45. The van der Waals surface area contributed by atoms with Gasteiger partial charge in [0.05, 0.1) is 18.3 Å². The van der Waals surface area contributed by atoms with Crippen LogP contribution in [0.1, 0.15) is 10.4 Å². The molecular weight excluding hydrogens is 369 g/mol. The summed E-state index contributed by atoms with van der Waals surface area (Å²) in [5, 5.41) is 0.696. The number of hydrogen-bond donors (Lipinski definition) is 0. The predicted molar refractivity (Wildman–Crippen MR) is 73.5 cm³/mol. The second-order valence-corrected chi connectivity index (χ2v) is 5.52. The number of morpholine rings is 1. The van der Waals surface area contributed by atoms with Gasteiger partial charge in [-0.25, -0.2) is 4.39 Å². The summed E-state index contributed by atoms with van der Waals surface area (Å²) in [6, 6.07) is 4.09. The van der Waals surface area contributed by atoms with Crippen molar-refractivity contribution in [2.45, 2.75) is 6.10 Å². The van der Waals surface area contributed by atoms with Crippen molar-refractivity contribution in [3.63, 3.8) is 0 Å². The summed E-state index contributed by atoms with van der Waals surface area (Å²) in [7, 11) is 0. The molecule has 1 aromatic rings. The van der Waals surface area contributed by atoms with E-state index in [1.165, 1.54) is 18.2 Å². The Morgan fingerprint density at radius 1 is 1.56 bits per heavy atom. The van der Waals surface area contributed by atoms with E-state index in [-0.39, 0.29) is 17.8 Å². The maximum absolute atomic E-state index is 13.0. The van der Waals surface area contributed by atoms with E-state index in [1.54, 1.807) is 4.90 Å². The lowest BCUT2D eigenvalue weighted by Crippen LogP contribution is -2.46. The quantitative estimate of drug-likeness (QED) is 0.738. The summed E-state index contributed by atoms with van der Waals surface area (Å²) in [5.41, 5.74) is 0.478. The average molecular weight is 381 g/mol. The Balaban J connectivity index is 2.15. The highest BCUT2D eigenvalue weighted by Gasteiger charge is 2.25. The molecule has 1 unspecified atom stereocenters. The second-order valence-electron chi connectivity index (χ2n) is 4.02. The molecule has 1 aliphatic heterocycles. The van der Waals surface area contributed by atoms with Crippen molar-refractivity contribution in [1.29, 1.82) is 0 Å².